The van der Waals surface area contributed by atoms with E-state index in [0.29, 0.717) is 0 Å². The van der Waals surface area contributed by atoms with E-state index in [4.69, 9.17) is 0 Å². The van der Waals surface area contributed by atoms with Crippen LogP contribution < -0.4 is 0 Å². The Balaban J connectivity index is 2.26. The summed E-state index contributed by atoms with van der Waals surface area (Å²) in [5.41, 5.74) is 0.850. The lowest BCUT2D eigenvalue weighted by Crippen LogP contribution is -2.32. The smallest absolute Gasteiger partial charge is 0.254 e. The summed E-state index contributed by atoms with van der Waals surface area (Å²) in [6, 6.07) is 3.36. The summed E-state index contributed by atoms with van der Waals surface area (Å²) in [6.07, 6.45) is 5.88. The minimum atomic E-state index is -0.270. The van der Waals surface area contributed by atoms with Crippen molar-refractivity contribution in [2.24, 2.45) is 0 Å². The number of aromatic nitrogens is 1. The van der Waals surface area contributed by atoms with E-state index in [-0.39, 0.29) is 17.9 Å². The molecular weight excluding hydrogens is 192 g/mol. The van der Waals surface area contributed by atoms with E-state index in [1.807, 2.05) is 6.07 Å². The fraction of sp³-hybridized carbons (Fsp3) is 0.182. The summed E-state index contributed by atoms with van der Waals surface area (Å²) in [5.74, 6) is -0.535. The zero-order chi connectivity index (χ0) is 10.8. The summed E-state index contributed by atoms with van der Waals surface area (Å²) in [4.78, 5) is 28.0. The van der Waals surface area contributed by atoms with E-state index in [2.05, 4.69) is 4.98 Å². The molecule has 1 unspecified atom stereocenters. The van der Waals surface area contributed by atoms with Gasteiger partial charge in [0.25, 0.3) is 11.8 Å². The van der Waals surface area contributed by atoms with Gasteiger partial charge in [0.1, 0.15) is 0 Å². The Morgan fingerprint density at radius 2 is 1.93 bits per heavy atom. The number of imide groups is 1. The second kappa shape index (κ2) is 3.65. The van der Waals surface area contributed by atoms with Crippen molar-refractivity contribution in [1.29, 1.82) is 0 Å². The molecule has 0 saturated carbocycles. The molecule has 15 heavy (non-hydrogen) atoms. The van der Waals surface area contributed by atoms with Crippen molar-refractivity contribution in [1.82, 2.24) is 9.88 Å². The highest BCUT2D eigenvalue weighted by molar-refractivity contribution is 6.13. The first-order valence-electron chi connectivity index (χ1n) is 4.65. The van der Waals surface area contributed by atoms with Crippen molar-refractivity contribution in [2.45, 2.75) is 13.0 Å². The van der Waals surface area contributed by atoms with Gasteiger partial charge in [0.05, 0.1) is 6.04 Å². The topological polar surface area (TPSA) is 50.3 Å². The van der Waals surface area contributed by atoms with Gasteiger partial charge in [-0.25, -0.2) is 0 Å². The molecule has 0 aromatic carbocycles. The molecule has 1 atom stereocenters. The zero-order valence-electron chi connectivity index (χ0n) is 8.25. The highest BCUT2D eigenvalue weighted by Crippen LogP contribution is 2.22. The zero-order valence-corrected chi connectivity index (χ0v) is 8.25. The molecule has 4 nitrogen and oxygen atoms in total. The number of rotatable bonds is 2. The largest absolute Gasteiger partial charge is 0.269 e. The predicted octanol–water partition coefficient (Wildman–Crippen LogP) is 1.07. The van der Waals surface area contributed by atoms with Crippen LogP contribution in [0.25, 0.3) is 0 Å². The highest BCUT2D eigenvalue weighted by atomic mass is 16.2. The van der Waals surface area contributed by atoms with Crippen molar-refractivity contribution >= 4 is 11.8 Å². The Morgan fingerprint density at radius 1 is 1.27 bits per heavy atom. The number of amides is 2. The lowest BCUT2D eigenvalue weighted by molar-refractivity contribution is -0.139. The molecule has 2 rings (SSSR count). The number of carbonyl (C=O) groups excluding carboxylic acids is 2. The van der Waals surface area contributed by atoms with Crippen LogP contribution in [0.5, 0.6) is 0 Å². The van der Waals surface area contributed by atoms with E-state index in [0.717, 1.165) is 5.56 Å². The van der Waals surface area contributed by atoms with Gasteiger partial charge in [0.15, 0.2) is 0 Å². The molecule has 0 N–H and O–H groups in total. The number of carbonyl (C=O) groups is 2. The molecule has 4 heteroatoms. The number of hydrogen-bond acceptors (Lipinski definition) is 3. The van der Waals surface area contributed by atoms with Gasteiger partial charge in [-0.3, -0.25) is 19.5 Å². The molecule has 1 aliphatic rings. The standard InChI is InChI=1S/C11H10N2O2/c1-8(9-3-2-6-12-7-9)13-10(14)4-5-11(13)15/h2-8H,1H3. The van der Waals surface area contributed by atoms with Crippen molar-refractivity contribution in [3.8, 4) is 0 Å². The summed E-state index contributed by atoms with van der Waals surface area (Å²) in [5, 5.41) is 0. The molecule has 0 bridgehead atoms. The Bertz CT molecular complexity index is 407. The SMILES string of the molecule is CC(c1cccnc1)N1C(=O)C=CC1=O. The molecule has 0 saturated heterocycles. The van der Waals surface area contributed by atoms with Crippen LogP contribution in [0.2, 0.25) is 0 Å². The molecule has 0 spiro atoms. The third kappa shape index (κ3) is 1.66. The summed E-state index contributed by atoms with van der Waals surface area (Å²) >= 11 is 0. The Hall–Kier alpha value is -1.97. The molecule has 1 aliphatic heterocycles. The maximum atomic E-state index is 11.4. The van der Waals surface area contributed by atoms with Gasteiger partial charge < -0.3 is 0 Å². The lowest BCUT2D eigenvalue weighted by Gasteiger charge is -2.22. The van der Waals surface area contributed by atoms with Crippen LogP contribution in [0.1, 0.15) is 18.5 Å². The Morgan fingerprint density at radius 3 is 2.47 bits per heavy atom. The fourth-order valence-corrected chi connectivity index (χ4v) is 1.57. The monoisotopic (exact) mass is 202 g/mol. The third-order valence-corrected chi connectivity index (χ3v) is 2.40. The fourth-order valence-electron chi connectivity index (χ4n) is 1.57. The summed E-state index contributed by atoms with van der Waals surface area (Å²) in [6.45, 7) is 1.81. The molecule has 0 radical (unpaired) electrons. The second-order valence-corrected chi connectivity index (χ2v) is 3.34. The molecule has 76 valence electrons. The molecule has 2 heterocycles. The van der Waals surface area contributed by atoms with Crippen LogP contribution in [-0.4, -0.2) is 21.7 Å². The first-order chi connectivity index (χ1) is 7.20. The molecular formula is C11H10N2O2. The van der Waals surface area contributed by atoms with Crippen LogP contribution in [0.15, 0.2) is 36.7 Å². The average Bonchev–Trinajstić information content (AvgIpc) is 2.59. The first-order valence-corrected chi connectivity index (χ1v) is 4.65. The van der Waals surface area contributed by atoms with Crippen LogP contribution >= 0.6 is 0 Å². The minimum absolute atomic E-state index is 0.267. The van der Waals surface area contributed by atoms with Crippen LogP contribution in [-0.2, 0) is 9.59 Å². The highest BCUT2D eigenvalue weighted by Gasteiger charge is 2.29. The number of nitrogens with zero attached hydrogens (tertiary/aromatic N) is 2. The normalized spacial score (nSPS) is 17.3. The van der Waals surface area contributed by atoms with Crippen LogP contribution in [0.3, 0.4) is 0 Å². The van der Waals surface area contributed by atoms with E-state index in [1.165, 1.54) is 17.1 Å². The Kier molecular flexibility index (Phi) is 2.33. The molecule has 0 aliphatic carbocycles. The van der Waals surface area contributed by atoms with Gasteiger partial charge in [0, 0.05) is 24.5 Å². The Labute approximate surface area is 87.2 Å². The maximum absolute atomic E-state index is 11.4. The molecule has 2 amide bonds. The van der Waals surface area contributed by atoms with Gasteiger partial charge in [-0.05, 0) is 18.6 Å². The van der Waals surface area contributed by atoms with Gasteiger partial charge in [-0.2, -0.15) is 0 Å². The quantitative estimate of drug-likeness (QED) is 0.674. The van der Waals surface area contributed by atoms with Crippen molar-refractivity contribution in [3.63, 3.8) is 0 Å². The third-order valence-electron chi connectivity index (χ3n) is 2.40. The number of pyridine rings is 1. The van der Waals surface area contributed by atoms with Crippen LogP contribution in [0.4, 0.5) is 0 Å². The van der Waals surface area contributed by atoms with Crippen molar-refractivity contribution in [3.05, 3.63) is 42.2 Å². The van der Waals surface area contributed by atoms with Crippen LogP contribution in [0, 0.1) is 0 Å². The molecule has 1 aromatic heterocycles. The summed E-state index contributed by atoms with van der Waals surface area (Å²) in [7, 11) is 0. The van der Waals surface area contributed by atoms with Gasteiger partial charge >= 0.3 is 0 Å². The van der Waals surface area contributed by atoms with Crippen molar-refractivity contribution in [2.75, 3.05) is 0 Å². The van der Waals surface area contributed by atoms with E-state index < -0.39 is 0 Å². The maximum Gasteiger partial charge on any atom is 0.254 e. The molecule has 1 aromatic rings. The van der Waals surface area contributed by atoms with E-state index >= 15 is 0 Å². The first kappa shape index (κ1) is 9.58. The van der Waals surface area contributed by atoms with Crippen molar-refractivity contribution < 1.29 is 9.59 Å². The lowest BCUT2D eigenvalue weighted by atomic mass is 10.1. The van der Waals surface area contributed by atoms with E-state index in [1.54, 1.807) is 25.4 Å². The van der Waals surface area contributed by atoms with Gasteiger partial charge in [-0.1, -0.05) is 6.07 Å². The number of hydrogen-bond donors (Lipinski definition) is 0. The summed E-state index contributed by atoms with van der Waals surface area (Å²) < 4.78 is 0. The minimum Gasteiger partial charge on any atom is -0.269 e. The van der Waals surface area contributed by atoms with Gasteiger partial charge in [0.2, 0.25) is 0 Å². The second-order valence-electron chi connectivity index (χ2n) is 3.34. The molecule has 0 fully saturated rings. The van der Waals surface area contributed by atoms with Gasteiger partial charge in [-0.15, -0.1) is 0 Å². The predicted molar refractivity (Wildman–Crippen MR) is 53.6 cm³/mol. The average molecular weight is 202 g/mol. The van der Waals surface area contributed by atoms with E-state index in [9.17, 15) is 9.59 Å².